The number of aromatic nitrogens is 1. The Kier molecular flexibility index (Phi) is 4.57. The number of carbonyl (C=O) groups is 1. The van der Waals surface area contributed by atoms with Crippen LogP contribution >= 0.6 is 11.3 Å². The van der Waals surface area contributed by atoms with Crippen molar-refractivity contribution in [3.8, 4) is 0 Å². The minimum absolute atomic E-state index is 0.0773. The van der Waals surface area contributed by atoms with E-state index in [1.807, 2.05) is 11.8 Å². The third kappa shape index (κ3) is 4.02. The van der Waals surface area contributed by atoms with Crippen LogP contribution in [0.4, 0.5) is 0 Å². The number of nitrogens with two attached hydrogens (primary N) is 1. The predicted octanol–water partition coefficient (Wildman–Crippen LogP) is 1.22. The van der Waals surface area contributed by atoms with Crippen LogP contribution in [-0.2, 0) is 11.3 Å². The first-order valence-electron chi connectivity index (χ1n) is 7.78. The number of piperazine rings is 1. The number of carbonyl (C=O) groups excluding carboxylic acids is 1. The van der Waals surface area contributed by atoms with Crippen LogP contribution in [0.2, 0.25) is 0 Å². The summed E-state index contributed by atoms with van der Waals surface area (Å²) in [7, 11) is 0. The Morgan fingerprint density at radius 3 is 2.71 bits per heavy atom. The number of amides is 1. The second kappa shape index (κ2) is 6.42. The molecule has 1 atom stereocenters. The summed E-state index contributed by atoms with van der Waals surface area (Å²) in [6, 6.07) is 0.0773. The van der Waals surface area contributed by atoms with Gasteiger partial charge in [0, 0.05) is 50.6 Å². The average Bonchev–Trinajstić information content (AvgIpc) is 3.24. The number of hydrogen-bond donors (Lipinski definition) is 1. The van der Waals surface area contributed by atoms with Gasteiger partial charge in [-0.15, -0.1) is 11.3 Å². The third-order valence-corrected chi connectivity index (χ3v) is 5.24. The molecule has 2 N–H and O–H groups in total. The molecule has 2 heterocycles. The van der Waals surface area contributed by atoms with Gasteiger partial charge in [0.2, 0.25) is 5.91 Å². The predicted molar refractivity (Wildman–Crippen MR) is 84.0 cm³/mol. The molecule has 0 bridgehead atoms. The molecule has 3 rings (SSSR count). The minimum atomic E-state index is 0.0773. The third-order valence-electron chi connectivity index (χ3n) is 4.42. The van der Waals surface area contributed by atoms with E-state index in [0.717, 1.165) is 43.4 Å². The standard InChI is InChI=1S/C15H24N4OS/c1-11-17-13(10-21-11)9-18-4-6-19(7-5-18)15(20)8-14(16)12-2-3-12/h10,12,14H,2-9,16H2,1H3. The van der Waals surface area contributed by atoms with Gasteiger partial charge >= 0.3 is 0 Å². The van der Waals surface area contributed by atoms with Crippen molar-refractivity contribution in [2.75, 3.05) is 26.2 Å². The smallest absolute Gasteiger partial charge is 0.224 e. The van der Waals surface area contributed by atoms with Crippen LogP contribution < -0.4 is 5.73 Å². The van der Waals surface area contributed by atoms with Crippen molar-refractivity contribution in [3.05, 3.63) is 16.1 Å². The van der Waals surface area contributed by atoms with Crippen molar-refractivity contribution in [1.82, 2.24) is 14.8 Å². The Bertz CT molecular complexity index is 492. The van der Waals surface area contributed by atoms with Crippen LogP contribution in [0.5, 0.6) is 0 Å². The van der Waals surface area contributed by atoms with E-state index in [2.05, 4.69) is 15.3 Å². The van der Waals surface area contributed by atoms with Crippen LogP contribution in [0.25, 0.3) is 0 Å². The maximum Gasteiger partial charge on any atom is 0.224 e. The highest BCUT2D eigenvalue weighted by molar-refractivity contribution is 7.09. The monoisotopic (exact) mass is 308 g/mol. The van der Waals surface area contributed by atoms with E-state index in [1.165, 1.54) is 12.8 Å². The Balaban J connectivity index is 1.42. The van der Waals surface area contributed by atoms with Crippen LogP contribution in [0.3, 0.4) is 0 Å². The lowest BCUT2D eigenvalue weighted by Gasteiger charge is -2.34. The van der Waals surface area contributed by atoms with Crippen molar-refractivity contribution in [3.63, 3.8) is 0 Å². The molecule has 0 aromatic carbocycles. The highest BCUT2D eigenvalue weighted by Crippen LogP contribution is 2.33. The largest absolute Gasteiger partial charge is 0.340 e. The fourth-order valence-electron chi connectivity index (χ4n) is 2.89. The number of thiazole rings is 1. The summed E-state index contributed by atoms with van der Waals surface area (Å²) < 4.78 is 0. The molecule has 116 valence electrons. The lowest BCUT2D eigenvalue weighted by Crippen LogP contribution is -2.49. The Morgan fingerprint density at radius 2 is 2.14 bits per heavy atom. The summed E-state index contributed by atoms with van der Waals surface area (Å²) >= 11 is 1.70. The quantitative estimate of drug-likeness (QED) is 0.888. The maximum atomic E-state index is 12.2. The van der Waals surface area contributed by atoms with E-state index < -0.39 is 0 Å². The van der Waals surface area contributed by atoms with Gasteiger partial charge in [-0.05, 0) is 25.7 Å². The lowest BCUT2D eigenvalue weighted by atomic mass is 10.1. The van der Waals surface area contributed by atoms with Crippen molar-refractivity contribution in [2.45, 2.75) is 38.8 Å². The normalized spacial score (nSPS) is 21.5. The van der Waals surface area contributed by atoms with Gasteiger partial charge in [0.1, 0.15) is 0 Å². The fraction of sp³-hybridized carbons (Fsp3) is 0.733. The molecule has 1 aliphatic heterocycles. The molecular weight excluding hydrogens is 284 g/mol. The van der Waals surface area contributed by atoms with E-state index in [1.54, 1.807) is 11.3 Å². The summed E-state index contributed by atoms with van der Waals surface area (Å²) in [6.45, 7) is 6.43. The molecule has 1 aliphatic carbocycles. The van der Waals surface area contributed by atoms with Gasteiger partial charge in [-0.2, -0.15) is 0 Å². The highest BCUT2D eigenvalue weighted by Gasteiger charge is 2.31. The molecule has 0 spiro atoms. The van der Waals surface area contributed by atoms with E-state index in [-0.39, 0.29) is 11.9 Å². The molecule has 1 saturated carbocycles. The number of aryl methyl sites for hydroxylation is 1. The van der Waals surface area contributed by atoms with Gasteiger partial charge in [-0.3, -0.25) is 9.69 Å². The SMILES string of the molecule is Cc1nc(CN2CCN(C(=O)CC(N)C3CC3)CC2)cs1. The number of rotatable bonds is 5. The number of hydrogen-bond acceptors (Lipinski definition) is 5. The molecule has 2 fully saturated rings. The highest BCUT2D eigenvalue weighted by atomic mass is 32.1. The Morgan fingerprint density at radius 1 is 1.43 bits per heavy atom. The molecule has 1 saturated heterocycles. The van der Waals surface area contributed by atoms with E-state index in [4.69, 9.17) is 5.73 Å². The molecule has 5 nitrogen and oxygen atoms in total. The summed E-state index contributed by atoms with van der Waals surface area (Å²) in [5.41, 5.74) is 7.20. The molecule has 1 aromatic heterocycles. The second-order valence-corrected chi connectivity index (χ2v) is 7.28. The topological polar surface area (TPSA) is 62.5 Å². The Labute approximate surface area is 130 Å². The van der Waals surface area contributed by atoms with Gasteiger partial charge < -0.3 is 10.6 Å². The van der Waals surface area contributed by atoms with Gasteiger partial charge in [0.05, 0.1) is 10.7 Å². The molecule has 0 radical (unpaired) electrons. The summed E-state index contributed by atoms with van der Waals surface area (Å²) in [4.78, 5) is 21.1. The van der Waals surface area contributed by atoms with Crippen molar-refractivity contribution >= 4 is 17.2 Å². The molecule has 1 unspecified atom stereocenters. The zero-order chi connectivity index (χ0) is 14.8. The van der Waals surface area contributed by atoms with Crippen LogP contribution in [0, 0.1) is 12.8 Å². The molecule has 2 aliphatic rings. The Hall–Kier alpha value is -0.980. The van der Waals surface area contributed by atoms with Gasteiger partial charge in [0.15, 0.2) is 0 Å². The van der Waals surface area contributed by atoms with E-state index in [9.17, 15) is 4.79 Å². The van der Waals surface area contributed by atoms with E-state index >= 15 is 0 Å². The van der Waals surface area contributed by atoms with Crippen molar-refractivity contribution < 1.29 is 4.79 Å². The van der Waals surface area contributed by atoms with Crippen molar-refractivity contribution in [2.24, 2.45) is 11.7 Å². The molecule has 21 heavy (non-hydrogen) atoms. The van der Waals surface area contributed by atoms with Gasteiger partial charge in [-0.1, -0.05) is 0 Å². The van der Waals surface area contributed by atoms with Crippen LogP contribution in [0.1, 0.15) is 30.0 Å². The zero-order valence-electron chi connectivity index (χ0n) is 12.6. The van der Waals surface area contributed by atoms with Crippen LogP contribution in [0.15, 0.2) is 5.38 Å². The average molecular weight is 308 g/mol. The lowest BCUT2D eigenvalue weighted by molar-refractivity contribution is -0.133. The summed E-state index contributed by atoms with van der Waals surface area (Å²) in [6.07, 6.45) is 2.93. The second-order valence-electron chi connectivity index (χ2n) is 6.22. The maximum absolute atomic E-state index is 12.2. The first-order chi connectivity index (χ1) is 10.1. The molecule has 1 aromatic rings. The molecule has 1 amide bonds. The first-order valence-corrected chi connectivity index (χ1v) is 8.66. The van der Waals surface area contributed by atoms with Crippen LogP contribution in [-0.4, -0.2) is 52.9 Å². The molecule has 6 heteroatoms. The fourth-order valence-corrected chi connectivity index (χ4v) is 3.49. The molecular formula is C15H24N4OS. The van der Waals surface area contributed by atoms with Gasteiger partial charge in [0.25, 0.3) is 0 Å². The summed E-state index contributed by atoms with van der Waals surface area (Å²) in [5, 5.41) is 3.24. The first kappa shape index (κ1) is 14.9. The summed E-state index contributed by atoms with van der Waals surface area (Å²) in [5.74, 6) is 0.835. The zero-order valence-corrected chi connectivity index (χ0v) is 13.4. The van der Waals surface area contributed by atoms with E-state index in [0.29, 0.717) is 12.3 Å². The number of nitrogens with zero attached hydrogens (tertiary/aromatic N) is 3. The van der Waals surface area contributed by atoms with Gasteiger partial charge in [-0.25, -0.2) is 4.98 Å². The van der Waals surface area contributed by atoms with Crippen molar-refractivity contribution in [1.29, 1.82) is 0 Å². The minimum Gasteiger partial charge on any atom is -0.340 e.